The van der Waals surface area contributed by atoms with Crippen molar-refractivity contribution in [3.63, 3.8) is 0 Å². The molecule has 120 valence electrons. The highest BCUT2D eigenvalue weighted by atomic mass is 16.5. The van der Waals surface area contributed by atoms with Crippen LogP contribution in [0, 0.1) is 5.92 Å². The van der Waals surface area contributed by atoms with Crippen molar-refractivity contribution in [1.29, 1.82) is 0 Å². The fraction of sp³-hybridized carbons (Fsp3) is 0.471. The summed E-state index contributed by atoms with van der Waals surface area (Å²) in [5.74, 6) is 1.91. The van der Waals surface area contributed by atoms with Crippen LogP contribution in [0.1, 0.15) is 42.8 Å². The average Bonchev–Trinajstić information content (AvgIpc) is 3.15. The molecule has 1 atom stereocenters. The third-order valence-electron chi connectivity index (χ3n) is 3.78. The summed E-state index contributed by atoms with van der Waals surface area (Å²) in [5.41, 5.74) is 0. The van der Waals surface area contributed by atoms with E-state index >= 15 is 0 Å². The topological polar surface area (TPSA) is 55.8 Å². The minimum atomic E-state index is -0.139. The number of ether oxygens (including phenoxy) is 1. The van der Waals surface area contributed by atoms with Crippen molar-refractivity contribution >= 4 is 5.91 Å². The number of furan rings is 2. The number of hydrogen-bond acceptors (Lipinski definition) is 4. The van der Waals surface area contributed by atoms with Gasteiger partial charge in [0.25, 0.3) is 5.91 Å². The molecule has 0 N–H and O–H groups in total. The molecule has 0 spiro atoms. The molecule has 2 rings (SSSR count). The van der Waals surface area contributed by atoms with E-state index in [-0.39, 0.29) is 11.9 Å². The van der Waals surface area contributed by atoms with Crippen molar-refractivity contribution in [3.8, 4) is 0 Å². The standard InChI is InChI=1S/C17H23NO4/c1-12(2)13(3)18(10-14-6-5-9-21-14)17(19)16-8-7-15(22-16)11-20-4/h5-9,12-13H,10-11H2,1-4H3. The fourth-order valence-corrected chi connectivity index (χ4v) is 2.19. The van der Waals surface area contributed by atoms with Crippen molar-refractivity contribution in [2.75, 3.05) is 7.11 Å². The van der Waals surface area contributed by atoms with E-state index in [9.17, 15) is 4.79 Å². The third kappa shape index (κ3) is 3.80. The normalized spacial score (nSPS) is 12.6. The van der Waals surface area contributed by atoms with Crippen molar-refractivity contribution in [2.45, 2.75) is 40.0 Å². The molecular formula is C17H23NO4. The first-order valence-electron chi connectivity index (χ1n) is 7.44. The van der Waals surface area contributed by atoms with Crippen LogP contribution in [0.15, 0.2) is 39.4 Å². The monoisotopic (exact) mass is 305 g/mol. The Morgan fingerprint density at radius 2 is 2.00 bits per heavy atom. The molecule has 22 heavy (non-hydrogen) atoms. The Labute approximate surface area is 130 Å². The Kier molecular flexibility index (Phi) is 5.44. The fourth-order valence-electron chi connectivity index (χ4n) is 2.19. The summed E-state index contributed by atoms with van der Waals surface area (Å²) >= 11 is 0. The smallest absolute Gasteiger partial charge is 0.290 e. The van der Waals surface area contributed by atoms with Crippen LogP contribution < -0.4 is 0 Å². The van der Waals surface area contributed by atoms with Crippen LogP contribution in [-0.4, -0.2) is 24.0 Å². The summed E-state index contributed by atoms with van der Waals surface area (Å²) in [6, 6.07) is 7.21. The first-order chi connectivity index (χ1) is 10.5. The summed E-state index contributed by atoms with van der Waals surface area (Å²) in [5, 5.41) is 0. The van der Waals surface area contributed by atoms with Gasteiger partial charge in [-0.2, -0.15) is 0 Å². The Hall–Kier alpha value is -2.01. The second-order valence-corrected chi connectivity index (χ2v) is 5.70. The predicted molar refractivity (Wildman–Crippen MR) is 82.3 cm³/mol. The largest absolute Gasteiger partial charge is 0.467 e. The zero-order valence-electron chi connectivity index (χ0n) is 13.5. The van der Waals surface area contributed by atoms with Gasteiger partial charge in [0.15, 0.2) is 5.76 Å². The summed E-state index contributed by atoms with van der Waals surface area (Å²) in [6.45, 7) is 6.98. The minimum Gasteiger partial charge on any atom is -0.467 e. The molecule has 0 saturated carbocycles. The molecule has 2 aromatic heterocycles. The first kappa shape index (κ1) is 16.4. The Bertz CT molecular complexity index is 586. The number of carbonyl (C=O) groups is 1. The van der Waals surface area contributed by atoms with Crippen LogP contribution in [0.3, 0.4) is 0 Å². The Morgan fingerprint density at radius 1 is 1.23 bits per heavy atom. The Balaban J connectivity index is 2.20. The average molecular weight is 305 g/mol. The lowest BCUT2D eigenvalue weighted by Crippen LogP contribution is -2.40. The van der Waals surface area contributed by atoms with Crippen molar-refractivity contribution in [3.05, 3.63) is 47.8 Å². The van der Waals surface area contributed by atoms with Crippen LogP contribution in [0.25, 0.3) is 0 Å². The van der Waals surface area contributed by atoms with Gasteiger partial charge in [-0.1, -0.05) is 13.8 Å². The molecule has 5 nitrogen and oxygen atoms in total. The molecule has 0 radical (unpaired) electrons. The third-order valence-corrected chi connectivity index (χ3v) is 3.78. The first-order valence-corrected chi connectivity index (χ1v) is 7.44. The van der Waals surface area contributed by atoms with E-state index in [0.29, 0.717) is 30.6 Å². The number of nitrogens with zero attached hydrogens (tertiary/aromatic N) is 1. The molecule has 0 aliphatic heterocycles. The van der Waals surface area contributed by atoms with Gasteiger partial charge < -0.3 is 18.5 Å². The highest BCUT2D eigenvalue weighted by Gasteiger charge is 2.26. The molecule has 1 amide bonds. The molecule has 5 heteroatoms. The van der Waals surface area contributed by atoms with Crippen molar-refractivity contribution in [2.24, 2.45) is 5.92 Å². The van der Waals surface area contributed by atoms with Crippen molar-refractivity contribution < 1.29 is 18.4 Å². The maximum atomic E-state index is 12.8. The van der Waals surface area contributed by atoms with Gasteiger partial charge in [0.1, 0.15) is 18.1 Å². The van der Waals surface area contributed by atoms with E-state index in [2.05, 4.69) is 13.8 Å². The van der Waals surface area contributed by atoms with E-state index < -0.39 is 0 Å². The van der Waals surface area contributed by atoms with Crippen LogP contribution >= 0.6 is 0 Å². The molecular weight excluding hydrogens is 282 g/mol. The van der Waals surface area contributed by atoms with Gasteiger partial charge in [-0.25, -0.2) is 0 Å². The molecule has 1 unspecified atom stereocenters. The molecule has 0 aliphatic rings. The second-order valence-electron chi connectivity index (χ2n) is 5.70. The van der Waals surface area contributed by atoms with Crippen LogP contribution in [0.5, 0.6) is 0 Å². The van der Waals surface area contributed by atoms with E-state index in [1.54, 1.807) is 30.4 Å². The summed E-state index contributed by atoms with van der Waals surface area (Å²) in [4.78, 5) is 14.6. The molecule has 0 saturated heterocycles. The quantitative estimate of drug-likeness (QED) is 0.782. The van der Waals surface area contributed by atoms with Crippen LogP contribution in [0.4, 0.5) is 0 Å². The minimum absolute atomic E-state index is 0.0635. The second kappa shape index (κ2) is 7.31. The van der Waals surface area contributed by atoms with Gasteiger partial charge in [0, 0.05) is 13.2 Å². The molecule has 2 aromatic rings. The zero-order valence-corrected chi connectivity index (χ0v) is 13.5. The Morgan fingerprint density at radius 3 is 2.59 bits per heavy atom. The van der Waals surface area contributed by atoms with Gasteiger partial charge in [-0.15, -0.1) is 0 Å². The molecule has 0 aliphatic carbocycles. The molecule has 0 fully saturated rings. The van der Waals surface area contributed by atoms with Gasteiger partial charge in [-0.05, 0) is 37.1 Å². The van der Waals surface area contributed by atoms with E-state index in [4.69, 9.17) is 13.6 Å². The highest BCUT2D eigenvalue weighted by Crippen LogP contribution is 2.20. The van der Waals surface area contributed by atoms with Gasteiger partial charge in [0.2, 0.25) is 0 Å². The summed E-state index contributed by atoms with van der Waals surface area (Å²) < 4.78 is 16.0. The summed E-state index contributed by atoms with van der Waals surface area (Å²) in [6.07, 6.45) is 1.61. The number of hydrogen-bond donors (Lipinski definition) is 0. The van der Waals surface area contributed by atoms with E-state index in [1.807, 2.05) is 19.1 Å². The van der Waals surface area contributed by atoms with Crippen molar-refractivity contribution in [1.82, 2.24) is 4.90 Å². The predicted octanol–water partition coefficient (Wildman–Crippen LogP) is 3.71. The van der Waals surface area contributed by atoms with E-state index in [1.165, 1.54) is 0 Å². The van der Waals surface area contributed by atoms with Gasteiger partial charge in [0.05, 0.1) is 12.8 Å². The maximum absolute atomic E-state index is 12.8. The zero-order chi connectivity index (χ0) is 16.1. The maximum Gasteiger partial charge on any atom is 0.290 e. The highest BCUT2D eigenvalue weighted by molar-refractivity contribution is 5.91. The molecule has 2 heterocycles. The van der Waals surface area contributed by atoms with Gasteiger partial charge in [-0.3, -0.25) is 4.79 Å². The number of amides is 1. The summed E-state index contributed by atoms with van der Waals surface area (Å²) in [7, 11) is 1.59. The lowest BCUT2D eigenvalue weighted by molar-refractivity contribution is 0.0571. The van der Waals surface area contributed by atoms with E-state index in [0.717, 1.165) is 5.76 Å². The van der Waals surface area contributed by atoms with Crippen LogP contribution in [0.2, 0.25) is 0 Å². The molecule has 0 aromatic carbocycles. The number of carbonyl (C=O) groups excluding carboxylic acids is 1. The lowest BCUT2D eigenvalue weighted by atomic mass is 10.0. The van der Waals surface area contributed by atoms with Crippen LogP contribution in [-0.2, 0) is 17.9 Å². The lowest BCUT2D eigenvalue weighted by Gasteiger charge is -2.30. The number of rotatable bonds is 7. The molecule has 0 bridgehead atoms. The number of methoxy groups -OCH3 is 1. The van der Waals surface area contributed by atoms with Gasteiger partial charge >= 0.3 is 0 Å². The SMILES string of the molecule is COCc1ccc(C(=O)N(Cc2ccco2)C(C)C(C)C)o1.